The summed E-state index contributed by atoms with van der Waals surface area (Å²) in [6.07, 6.45) is 4.07. The molecule has 0 aliphatic heterocycles. The first-order valence-corrected chi connectivity index (χ1v) is 5.55. The number of benzene rings is 1. The van der Waals surface area contributed by atoms with Crippen LogP contribution in [0.15, 0.2) is 36.7 Å². The van der Waals surface area contributed by atoms with Crippen LogP contribution >= 0.6 is 0 Å². The lowest BCUT2D eigenvalue weighted by molar-refractivity contribution is -0.384. The van der Waals surface area contributed by atoms with Crippen LogP contribution in [0, 0.1) is 10.1 Å². The Bertz CT molecular complexity index is 534. The number of aliphatic hydroxyl groups excluding tert-OH is 1. The zero-order chi connectivity index (χ0) is 13.0. The van der Waals surface area contributed by atoms with Crippen LogP contribution < -0.4 is 0 Å². The Kier molecular flexibility index (Phi) is 3.69. The van der Waals surface area contributed by atoms with Gasteiger partial charge in [0, 0.05) is 37.5 Å². The third kappa shape index (κ3) is 2.72. The number of nitrogens with zero attached hydrogens (tertiary/aromatic N) is 3. The second-order valence-corrected chi connectivity index (χ2v) is 3.86. The number of non-ortho nitro benzene ring substituents is 1. The van der Waals surface area contributed by atoms with Gasteiger partial charge in [-0.25, -0.2) is 4.98 Å². The summed E-state index contributed by atoms with van der Waals surface area (Å²) in [6.45, 7) is 0.561. The first kappa shape index (κ1) is 12.3. The van der Waals surface area contributed by atoms with Crippen LogP contribution in [0.1, 0.15) is 11.4 Å². The Hall–Kier alpha value is -2.21. The third-order valence-corrected chi connectivity index (χ3v) is 2.65. The molecule has 6 nitrogen and oxygen atoms in total. The van der Waals surface area contributed by atoms with E-state index in [-0.39, 0.29) is 12.3 Å². The van der Waals surface area contributed by atoms with Gasteiger partial charge in [0.2, 0.25) is 0 Å². The molecule has 0 saturated heterocycles. The van der Waals surface area contributed by atoms with Crippen molar-refractivity contribution in [2.24, 2.45) is 0 Å². The van der Waals surface area contributed by atoms with E-state index in [4.69, 9.17) is 5.11 Å². The van der Waals surface area contributed by atoms with E-state index in [0.717, 1.165) is 11.4 Å². The number of nitro benzene ring substituents is 1. The summed E-state index contributed by atoms with van der Waals surface area (Å²) in [6, 6.07) is 6.40. The molecule has 18 heavy (non-hydrogen) atoms. The molecule has 2 aromatic rings. The average Bonchev–Trinajstić information content (AvgIpc) is 2.78. The third-order valence-electron chi connectivity index (χ3n) is 2.65. The molecule has 6 heteroatoms. The van der Waals surface area contributed by atoms with Crippen molar-refractivity contribution in [3.63, 3.8) is 0 Å². The summed E-state index contributed by atoms with van der Waals surface area (Å²) in [4.78, 5) is 14.3. The Labute approximate surface area is 104 Å². The Morgan fingerprint density at radius 1 is 1.33 bits per heavy atom. The molecule has 1 heterocycles. The predicted molar refractivity (Wildman–Crippen MR) is 65.2 cm³/mol. The molecule has 2 rings (SSSR count). The van der Waals surface area contributed by atoms with Crippen molar-refractivity contribution >= 4 is 5.69 Å². The molecule has 0 atom stereocenters. The van der Waals surface area contributed by atoms with Crippen LogP contribution in [0.2, 0.25) is 0 Å². The number of hydrogen-bond donors (Lipinski definition) is 1. The van der Waals surface area contributed by atoms with Crippen molar-refractivity contribution in [2.75, 3.05) is 6.61 Å². The Morgan fingerprint density at radius 3 is 2.67 bits per heavy atom. The Morgan fingerprint density at radius 2 is 2.06 bits per heavy atom. The topological polar surface area (TPSA) is 81.2 Å². The van der Waals surface area contributed by atoms with E-state index < -0.39 is 4.92 Å². The van der Waals surface area contributed by atoms with Crippen LogP contribution in [0.4, 0.5) is 5.69 Å². The normalized spacial score (nSPS) is 10.5. The fourth-order valence-electron chi connectivity index (χ4n) is 1.74. The van der Waals surface area contributed by atoms with Crippen molar-refractivity contribution in [3.8, 4) is 0 Å². The number of aliphatic hydroxyl groups is 1. The average molecular weight is 247 g/mol. The molecular weight excluding hydrogens is 234 g/mol. The van der Waals surface area contributed by atoms with Crippen molar-refractivity contribution in [1.29, 1.82) is 0 Å². The number of rotatable bonds is 5. The van der Waals surface area contributed by atoms with Gasteiger partial charge in [-0.3, -0.25) is 10.1 Å². The van der Waals surface area contributed by atoms with Crippen LogP contribution in [0.3, 0.4) is 0 Å². The number of hydrogen-bond acceptors (Lipinski definition) is 4. The molecule has 0 unspecified atom stereocenters. The molecule has 0 aliphatic rings. The molecule has 0 aliphatic carbocycles. The van der Waals surface area contributed by atoms with Gasteiger partial charge in [-0.1, -0.05) is 12.1 Å². The summed E-state index contributed by atoms with van der Waals surface area (Å²) in [7, 11) is 0. The lowest BCUT2D eigenvalue weighted by Gasteiger charge is -2.05. The van der Waals surface area contributed by atoms with E-state index in [1.807, 2.05) is 4.57 Å². The summed E-state index contributed by atoms with van der Waals surface area (Å²) < 4.78 is 1.86. The molecular formula is C12H13N3O3. The molecule has 1 N–H and O–H groups in total. The smallest absolute Gasteiger partial charge is 0.269 e. The predicted octanol–water partition coefficient (Wildman–Crippen LogP) is 1.37. The van der Waals surface area contributed by atoms with E-state index in [2.05, 4.69) is 4.98 Å². The van der Waals surface area contributed by atoms with Crippen LogP contribution in [-0.4, -0.2) is 26.2 Å². The number of nitro groups is 1. The van der Waals surface area contributed by atoms with Crippen molar-refractivity contribution in [2.45, 2.75) is 13.0 Å². The highest BCUT2D eigenvalue weighted by molar-refractivity contribution is 5.34. The SMILES string of the molecule is O=[N+]([O-])c1ccc(Cc2nccn2CCO)cc1. The monoisotopic (exact) mass is 247 g/mol. The molecule has 0 fully saturated rings. The lowest BCUT2D eigenvalue weighted by Crippen LogP contribution is -2.06. The highest BCUT2D eigenvalue weighted by Crippen LogP contribution is 2.14. The fourth-order valence-corrected chi connectivity index (χ4v) is 1.74. The summed E-state index contributed by atoms with van der Waals surface area (Å²) in [5.74, 6) is 0.831. The van der Waals surface area contributed by atoms with Gasteiger partial charge >= 0.3 is 0 Å². The van der Waals surface area contributed by atoms with Crippen molar-refractivity contribution in [1.82, 2.24) is 9.55 Å². The maximum atomic E-state index is 10.5. The first-order chi connectivity index (χ1) is 8.70. The van der Waals surface area contributed by atoms with Crippen molar-refractivity contribution < 1.29 is 10.0 Å². The van der Waals surface area contributed by atoms with Gasteiger partial charge in [0.05, 0.1) is 11.5 Å². The van der Waals surface area contributed by atoms with E-state index in [1.54, 1.807) is 24.5 Å². The van der Waals surface area contributed by atoms with Gasteiger partial charge in [-0.05, 0) is 5.56 Å². The van der Waals surface area contributed by atoms with Gasteiger partial charge < -0.3 is 9.67 Å². The molecule has 0 amide bonds. The van der Waals surface area contributed by atoms with E-state index in [0.29, 0.717) is 13.0 Å². The van der Waals surface area contributed by atoms with Gasteiger partial charge in [0.25, 0.3) is 5.69 Å². The highest BCUT2D eigenvalue weighted by atomic mass is 16.6. The summed E-state index contributed by atoms with van der Waals surface area (Å²) >= 11 is 0. The summed E-state index contributed by atoms with van der Waals surface area (Å²) in [5, 5.41) is 19.4. The fraction of sp³-hybridized carbons (Fsp3) is 0.250. The zero-order valence-corrected chi connectivity index (χ0v) is 9.69. The largest absolute Gasteiger partial charge is 0.395 e. The van der Waals surface area contributed by atoms with E-state index in [9.17, 15) is 10.1 Å². The molecule has 94 valence electrons. The van der Waals surface area contributed by atoms with Crippen molar-refractivity contribution in [3.05, 3.63) is 58.2 Å². The molecule has 0 bridgehead atoms. The number of aromatic nitrogens is 2. The molecule has 1 aromatic carbocycles. The highest BCUT2D eigenvalue weighted by Gasteiger charge is 2.07. The van der Waals surface area contributed by atoms with Gasteiger partial charge in [0.1, 0.15) is 5.82 Å². The minimum atomic E-state index is -0.420. The van der Waals surface area contributed by atoms with Gasteiger partial charge in [0.15, 0.2) is 0 Å². The van der Waals surface area contributed by atoms with Gasteiger partial charge in [-0.15, -0.1) is 0 Å². The maximum absolute atomic E-state index is 10.5. The van der Waals surface area contributed by atoms with Crippen LogP contribution in [0.5, 0.6) is 0 Å². The minimum absolute atomic E-state index is 0.0591. The van der Waals surface area contributed by atoms with E-state index >= 15 is 0 Å². The quantitative estimate of drug-likeness (QED) is 0.639. The second kappa shape index (κ2) is 5.42. The lowest BCUT2D eigenvalue weighted by atomic mass is 10.1. The number of imidazole rings is 1. The van der Waals surface area contributed by atoms with Crippen LogP contribution in [0.25, 0.3) is 0 Å². The second-order valence-electron chi connectivity index (χ2n) is 3.86. The molecule has 0 spiro atoms. The standard InChI is InChI=1S/C12H13N3O3/c16-8-7-14-6-5-13-12(14)9-10-1-3-11(4-2-10)15(17)18/h1-6,16H,7-9H2. The van der Waals surface area contributed by atoms with Crippen LogP contribution in [-0.2, 0) is 13.0 Å². The Balaban J connectivity index is 2.13. The zero-order valence-electron chi connectivity index (χ0n) is 9.69. The molecule has 0 radical (unpaired) electrons. The molecule has 1 aromatic heterocycles. The van der Waals surface area contributed by atoms with E-state index in [1.165, 1.54) is 12.1 Å². The maximum Gasteiger partial charge on any atom is 0.269 e. The van der Waals surface area contributed by atoms with Gasteiger partial charge in [-0.2, -0.15) is 0 Å². The minimum Gasteiger partial charge on any atom is -0.395 e. The first-order valence-electron chi connectivity index (χ1n) is 5.55. The molecule has 0 saturated carbocycles. The summed E-state index contributed by atoms with van der Waals surface area (Å²) in [5.41, 5.74) is 1.03.